The first kappa shape index (κ1) is 85.1. The van der Waals surface area contributed by atoms with Crippen molar-refractivity contribution in [3.05, 3.63) is 186 Å². The van der Waals surface area contributed by atoms with E-state index in [2.05, 4.69) is 211 Å². The van der Waals surface area contributed by atoms with E-state index < -0.39 is 15.6 Å². The molecule has 0 aliphatic rings. The summed E-state index contributed by atoms with van der Waals surface area (Å²) in [6, 6.07) is 0. The lowest BCUT2D eigenvalue weighted by Crippen LogP contribution is -1.94. The van der Waals surface area contributed by atoms with Crippen LogP contribution < -0.4 is 0 Å². The molecule has 0 aromatic carbocycles. The Morgan fingerprint density at radius 2 is 0.371 bits per heavy atom. The molecule has 0 fully saturated rings. The van der Waals surface area contributed by atoms with Gasteiger partial charge in [-0.3, -0.25) is 4.52 Å². The first-order valence-corrected chi connectivity index (χ1v) is 37.3. The van der Waals surface area contributed by atoms with Crippen molar-refractivity contribution in [2.75, 3.05) is 6.61 Å². The summed E-state index contributed by atoms with van der Waals surface area (Å²) in [7, 11) is -9.93. The van der Waals surface area contributed by atoms with Gasteiger partial charge in [0.15, 0.2) is 0 Å². The maximum Gasteiger partial charge on any atom is 0.481 e. The molecular weight excluding hydrogens is 1130 g/mol. The van der Waals surface area contributed by atoms with Crippen LogP contribution in [0.1, 0.15) is 310 Å². The molecule has 7 nitrogen and oxygen atoms in total. The summed E-state index contributed by atoms with van der Waals surface area (Å²) in [4.78, 5) is 26.8. The highest BCUT2D eigenvalue weighted by Crippen LogP contribution is 2.57. The molecule has 0 heterocycles. The number of rotatable bonds is 50. The van der Waals surface area contributed by atoms with Crippen LogP contribution in [-0.2, 0) is 18.0 Å². The van der Waals surface area contributed by atoms with Crippen LogP contribution in [0.25, 0.3) is 0 Å². The summed E-state index contributed by atoms with van der Waals surface area (Å²) in [5.74, 6) is 0. The molecule has 0 aromatic heterocycles. The van der Waals surface area contributed by atoms with Gasteiger partial charge in [0.2, 0.25) is 0 Å². The minimum absolute atomic E-state index is 0.276. The predicted molar refractivity (Wildman–Crippen MR) is 393 cm³/mol. The molecule has 0 rings (SSSR count). The Balaban J connectivity index is 4.36. The van der Waals surface area contributed by atoms with Crippen LogP contribution in [-0.4, -0.2) is 21.3 Å². The largest absolute Gasteiger partial charge is 0.481 e. The molecule has 504 valence electrons. The highest BCUT2D eigenvalue weighted by Gasteiger charge is 2.31. The molecule has 0 aromatic rings. The predicted octanol–water partition coefficient (Wildman–Crippen LogP) is 27.1. The summed E-state index contributed by atoms with van der Waals surface area (Å²) in [5, 5.41) is 0. The van der Waals surface area contributed by atoms with Crippen molar-refractivity contribution in [2.45, 2.75) is 310 Å². The van der Waals surface area contributed by atoms with Crippen LogP contribution >= 0.6 is 15.6 Å². The van der Waals surface area contributed by atoms with E-state index in [1.165, 1.54) is 109 Å². The lowest BCUT2D eigenvalue weighted by Gasteiger charge is -2.11. The fraction of sp³-hybridized carbons (Fsp3) is 0.600. The summed E-state index contributed by atoms with van der Waals surface area (Å²) < 4.78 is 30.7. The van der Waals surface area contributed by atoms with Crippen molar-refractivity contribution in [3.8, 4) is 0 Å². The van der Waals surface area contributed by atoms with Crippen molar-refractivity contribution >= 4 is 15.6 Å². The van der Waals surface area contributed by atoms with E-state index in [1.54, 1.807) is 6.08 Å². The SMILES string of the molecule is CC(C)=CCC/C(C)=C/CC/C(C)=C/CC/C(C)=C\CC/C(C)=C\CC/C(C)=C\CC/C(C)=C\CC/C(C)=C\CC/C(C)=C\CC/C(C)=C\CC/C(C)=C\CC/C(C)=C\CC/C(C)=C\CC/C(C)=C\CC/C(C)=C\CC/C(C)=C\COP(=O)(O)OP(=O)(O)O. The summed E-state index contributed by atoms with van der Waals surface area (Å²) >= 11 is 0. The summed E-state index contributed by atoms with van der Waals surface area (Å²) in [6.45, 7) is 37.9. The molecule has 0 aliphatic carbocycles. The monoisotopic (exact) mass is 1270 g/mol. The number of allylic oxidation sites excluding steroid dienone is 31. The van der Waals surface area contributed by atoms with Gasteiger partial charge in [-0.1, -0.05) is 186 Å². The van der Waals surface area contributed by atoms with E-state index in [4.69, 9.17) is 9.79 Å². The zero-order valence-corrected chi connectivity index (χ0v) is 61.8. The Kier molecular flexibility index (Phi) is 50.3. The molecule has 9 heteroatoms. The van der Waals surface area contributed by atoms with Gasteiger partial charge < -0.3 is 14.7 Å². The molecule has 3 N–H and O–H groups in total. The van der Waals surface area contributed by atoms with Crippen LogP contribution in [0.5, 0.6) is 0 Å². The lowest BCUT2D eigenvalue weighted by molar-refractivity contribution is 0.191. The maximum absolute atomic E-state index is 11.6. The number of hydrogen-bond donors (Lipinski definition) is 3. The molecule has 89 heavy (non-hydrogen) atoms. The fourth-order valence-corrected chi connectivity index (χ4v) is 11.7. The van der Waals surface area contributed by atoms with Gasteiger partial charge in [-0.2, -0.15) is 4.31 Å². The third-order valence-electron chi connectivity index (χ3n) is 16.4. The average Bonchev–Trinajstić information content (AvgIpc) is 3.56. The molecule has 0 saturated heterocycles. The minimum Gasteiger partial charge on any atom is -0.302 e. The van der Waals surface area contributed by atoms with Gasteiger partial charge in [-0.25, -0.2) is 9.13 Å². The highest BCUT2D eigenvalue weighted by atomic mass is 31.3. The Hall–Kier alpha value is -3.90. The number of phosphoric acid groups is 2. The molecule has 0 aliphatic heterocycles. The summed E-state index contributed by atoms with van der Waals surface area (Å²) in [6.07, 6.45) is 71.1. The second kappa shape index (κ2) is 52.6. The van der Waals surface area contributed by atoms with Crippen molar-refractivity contribution < 1.29 is 32.6 Å². The van der Waals surface area contributed by atoms with Gasteiger partial charge in [-0.15, -0.1) is 0 Å². The second-order valence-electron chi connectivity index (χ2n) is 26.5. The van der Waals surface area contributed by atoms with E-state index in [9.17, 15) is 14.0 Å². The third kappa shape index (κ3) is 57.7. The first-order chi connectivity index (χ1) is 42.0. The quantitative estimate of drug-likeness (QED) is 0.0411. The Morgan fingerprint density at radius 1 is 0.236 bits per heavy atom. The van der Waals surface area contributed by atoms with Gasteiger partial charge in [0.05, 0.1) is 6.61 Å². The average molecular weight is 1270 g/mol. The second-order valence-corrected chi connectivity index (χ2v) is 29.3. The van der Waals surface area contributed by atoms with E-state index in [-0.39, 0.29) is 6.61 Å². The van der Waals surface area contributed by atoms with Crippen molar-refractivity contribution in [1.29, 1.82) is 0 Å². The third-order valence-corrected chi connectivity index (χ3v) is 18.6. The van der Waals surface area contributed by atoms with E-state index >= 15 is 0 Å². The Morgan fingerprint density at radius 3 is 0.506 bits per heavy atom. The molecule has 0 amide bonds. The molecule has 1 unspecified atom stereocenters. The number of hydrogen-bond acceptors (Lipinski definition) is 4. The normalized spacial score (nSPS) is 15.8. The topological polar surface area (TPSA) is 113 Å². The molecule has 0 bridgehead atoms. The molecule has 0 saturated carbocycles. The van der Waals surface area contributed by atoms with Crippen molar-refractivity contribution in [1.82, 2.24) is 0 Å². The van der Waals surface area contributed by atoms with Crippen LogP contribution in [0.2, 0.25) is 0 Å². The zero-order chi connectivity index (χ0) is 66.9. The van der Waals surface area contributed by atoms with Crippen LogP contribution in [0.4, 0.5) is 0 Å². The van der Waals surface area contributed by atoms with E-state index in [1.807, 2.05) is 6.92 Å². The van der Waals surface area contributed by atoms with Gasteiger partial charge in [-0.05, 0) is 310 Å². The van der Waals surface area contributed by atoms with Gasteiger partial charge in [0.1, 0.15) is 0 Å². The minimum atomic E-state index is -5.12. The van der Waals surface area contributed by atoms with Crippen LogP contribution in [0.15, 0.2) is 186 Å². The molecule has 1 atom stereocenters. The van der Waals surface area contributed by atoms with Crippen molar-refractivity contribution in [3.63, 3.8) is 0 Å². The van der Waals surface area contributed by atoms with Gasteiger partial charge >= 0.3 is 15.6 Å². The zero-order valence-electron chi connectivity index (χ0n) is 60.0. The fourth-order valence-electron chi connectivity index (χ4n) is 10.2. The Bertz CT molecular complexity index is 2650. The maximum atomic E-state index is 11.6. The molecule has 0 spiro atoms. The molecular formula is C80H132O7P2. The lowest BCUT2D eigenvalue weighted by atomic mass is 10.0. The van der Waals surface area contributed by atoms with Crippen LogP contribution in [0.3, 0.4) is 0 Å². The van der Waals surface area contributed by atoms with Crippen molar-refractivity contribution in [2.24, 2.45) is 0 Å². The standard InChI is InChI=1S/C80H132O7P2/c1-65(2)33-18-34-66(3)35-19-36-67(4)37-20-38-68(5)39-21-40-69(6)41-22-42-70(7)43-23-44-71(8)45-24-46-72(9)47-25-48-73(10)49-26-50-74(11)51-27-52-75(12)53-28-54-76(13)55-29-56-77(14)57-30-58-78(15)59-31-60-79(16)61-32-62-80(17)63-64-86-89(84,85)87-88(81,82)83/h33,35,37,39,41,43,45,47,49,51,53,55,57,59,61,63H,18-32,34,36,38,40,42,44,46,48,50,52,54,56,58,60,62,64H2,1-17H3,(H,84,85)(H2,81,82,83)/b66-35+,67-37+,68-39-,69-41-,70-43-,71-45-,72-47-,73-49-,74-51-,75-53-,76-55-,77-57-,78-59-,79-61-,80-63-. The highest BCUT2D eigenvalue weighted by molar-refractivity contribution is 7.60. The van der Waals surface area contributed by atoms with E-state index in [0.717, 1.165) is 173 Å². The smallest absolute Gasteiger partial charge is 0.302 e. The van der Waals surface area contributed by atoms with E-state index in [0.29, 0.717) is 0 Å². The molecule has 0 radical (unpaired) electrons. The van der Waals surface area contributed by atoms with Gasteiger partial charge in [0, 0.05) is 0 Å². The Labute approximate surface area is 548 Å². The van der Waals surface area contributed by atoms with Crippen LogP contribution in [0, 0.1) is 0 Å². The van der Waals surface area contributed by atoms with Gasteiger partial charge in [0.25, 0.3) is 0 Å². The first-order valence-electron chi connectivity index (χ1n) is 34.3. The summed E-state index contributed by atoms with van der Waals surface area (Å²) in [5.41, 5.74) is 23.2. The number of phosphoric ester groups is 1.